The SMILES string of the molecule is COC(=O)c1c(OC[C@H]2CC(=O)N(C)C2)cc(=O)n2c1CCN(Cc1ccc(C)cc1)CC2. The summed E-state index contributed by atoms with van der Waals surface area (Å²) in [4.78, 5) is 41.5. The van der Waals surface area contributed by atoms with E-state index in [9.17, 15) is 14.4 Å². The van der Waals surface area contributed by atoms with Crippen molar-refractivity contribution in [3.8, 4) is 5.75 Å². The maximum atomic E-state index is 13.0. The number of pyridine rings is 1. The quantitative estimate of drug-likeness (QED) is 0.621. The van der Waals surface area contributed by atoms with E-state index in [0.29, 0.717) is 50.3 Å². The van der Waals surface area contributed by atoms with Crippen molar-refractivity contribution < 1.29 is 19.1 Å². The zero-order chi connectivity index (χ0) is 23.5. The number of fused-ring (bicyclic) bond motifs is 1. The van der Waals surface area contributed by atoms with Crippen molar-refractivity contribution in [2.75, 3.05) is 40.4 Å². The summed E-state index contributed by atoms with van der Waals surface area (Å²) < 4.78 is 12.7. The molecule has 0 radical (unpaired) electrons. The molecule has 0 bridgehead atoms. The lowest BCUT2D eigenvalue weighted by Crippen LogP contribution is -2.29. The first-order valence-electron chi connectivity index (χ1n) is 11.4. The van der Waals surface area contributed by atoms with Crippen LogP contribution in [0.3, 0.4) is 0 Å². The minimum atomic E-state index is -0.514. The van der Waals surface area contributed by atoms with Crippen LogP contribution >= 0.6 is 0 Å². The Morgan fingerprint density at radius 3 is 2.55 bits per heavy atom. The van der Waals surface area contributed by atoms with Gasteiger partial charge in [0.2, 0.25) is 5.91 Å². The third-order valence-electron chi connectivity index (χ3n) is 6.50. The van der Waals surface area contributed by atoms with Crippen LogP contribution in [0.1, 0.15) is 33.6 Å². The Labute approximate surface area is 193 Å². The highest BCUT2D eigenvalue weighted by Gasteiger charge is 2.30. The Balaban J connectivity index is 1.56. The van der Waals surface area contributed by atoms with Gasteiger partial charge in [-0.2, -0.15) is 0 Å². The van der Waals surface area contributed by atoms with Crippen LogP contribution < -0.4 is 10.3 Å². The van der Waals surface area contributed by atoms with Gasteiger partial charge in [-0.1, -0.05) is 29.8 Å². The number of esters is 1. The van der Waals surface area contributed by atoms with Crippen molar-refractivity contribution in [2.24, 2.45) is 5.92 Å². The van der Waals surface area contributed by atoms with E-state index < -0.39 is 5.97 Å². The number of hydrogen-bond donors (Lipinski definition) is 0. The summed E-state index contributed by atoms with van der Waals surface area (Å²) in [6.07, 6.45) is 0.940. The summed E-state index contributed by atoms with van der Waals surface area (Å²) >= 11 is 0. The summed E-state index contributed by atoms with van der Waals surface area (Å²) in [7, 11) is 3.10. The van der Waals surface area contributed by atoms with Crippen molar-refractivity contribution in [1.29, 1.82) is 0 Å². The zero-order valence-corrected chi connectivity index (χ0v) is 19.5. The number of carbonyl (C=O) groups is 2. The van der Waals surface area contributed by atoms with E-state index >= 15 is 0 Å². The molecule has 0 saturated carbocycles. The Bertz CT molecular complexity index is 1090. The fourth-order valence-corrected chi connectivity index (χ4v) is 4.61. The first kappa shape index (κ1) is 23.0. The van der Waals surface area contributed by atoms with Gasteiger partial charge in [0, 0.05) is 70.3 Å². The lowest BCUT2D eigenvalue weighted by Gasteiger charge is -2.19. The maximum absolute atomic E-state index is 13.0. The third-order valence-corrected chi connectivity index (χ3v) is 6.50. The molecular formula is C25H31N3O5. The molecule has 8 heteroatoms. The highest BCUT2D eigenvalue weighted by atomic mass is 16.5. The first-order chi connectivity index (χ1) is 15.9. The summed E-state index contributed by atoms with van der Waals surface area (Å²) in [6, 6.07) is 9.82. The minimum absolute atomic E-state index is 0.0274. The molecule has 3 heterocycles. The molecule has 176 valence electrons. The van der Waals surface area contributed by atoms with Gasteiger partial charge in [0.15, 0.2) is 0 Å². The van der Waals surface area contributed by atoms with Gasteiger partial charge in [-0.25, -0.2) is 4.79 Å². The molecule has 0 aliphatic carbocycles. The van der Waals surface area contributed by atoms with Crippen LogP contribution in [0.15, 0.2) is 35.1 Å². The lowest BCUT2D eigenvalue weighted by atomic mass is 10.1. The summed E-state index contributed by atoms with van der Waals surface area (Å²) in [5.41, 5.74) is 3.21. The Morgan fingerprint density at radius 1 is 1.12 bits per heavy atom. The molecule has 0 spiro atoms. The van der Waals surface area contributed by atoms with Crippen LogP contribution in [0.25, 0.3) is 0 Å². The van der Waals surface area contributed by atoms with E-state index in [1.807, 2.05) is 0 Å². The van der Waals surface area contributed by atoms with E-state index in [4.69, 9.17) is 9.47 Å². The average molecular weight is 454 g/mol. The minimum Gasteiger partial charge on any atom is -0.492 e. The number of hydrogen-bond acceptors (Lipinski definition) is 6. The van der Waals surface area contributed by atoms with Gasteiger partial charge >= 0.3 is 5.97 Å². The van der Waals surface area contributed by atoms with Crippen molar-refractivity contribution in [3.05, 3.63) is 63.1 Å². The molecule has 1 aromatic carbocycles. The molecule has 33 heavy (non-hydrogen) atoms. The molecule has 1 amide bonds. The lowest BCUT2D eigenvalue weighted by molar-refractivity contribution is -0.126. The summed E-state index contributed by atoms with van der Waals surface area (Å²) in [5.74, 6) is -0.167. The Hall–Kier alpha value is -3.13. The molecule has 2 aliphatic heterocycles. The highest BCUT2D eigenvalue weighted by Crippen LogP contribution is 2.26. The molecule has 1 atom stereocenters. The number of methoxy groups -OCH3 is 1. The van der Waals surface area contributed by atoms with Crippen LogP contribution in [0.2, 0.25) is 0 Å². The number of ether oxygens (including phenoxy) is 2. The molecule has 0 unspecified atom stereocenters. The number of carbonyl (C=O) groups excluding carboxylic acids is 2. The van der Waals surface area contributed by atoms with E-state index in [0.717, 1.165) is 6.54 Å². The van der Waals surface area contributed by atoms with Gasteiger partial charge in [0.05, 0.1) is 13.7 Å². The van der Waals surface area contributed by atoms with Gasteiger partial charge in [-0.15, -0.1) is 0 Å². The van der Waals surface area contributed by atoms with Crippen molar-refractivity contribution in [1.82, 2.24) is 14.4 Å². The fourth-order valence-electron chi connectivity index (χ4n) is 4.61. The predicted molar refractivity (Wildman–Crippen MR) is 123 cm³/mol. The van der Waals surface area contributed by atoms with Crippen LogP contribution in [0, 0.1) is 12.8 Å². The number of benzene rings is 1. The van der Waals surface area contributed by atoms with E-state index in [-0.39, 0.29) is 29.7 Å². The summed E-state index contributed by atoms with van der Waals surface area (Å²) in [5, 5.41) is 0. The monoisotopic (exact) mass is 453 g/mol. The number of aromatic nitrogens is 1. The molecule has 2 aromatic rings. The predicted octanol–water partition coefficient (Wildman–Crippen LogP) is 1.86. The molecule has 1 fully saturated rings. The van der Waals surface area contributed by atoms with Crippen LogP contribution in [-0.4, -0.2) is 66.6 Å². The second-order valence-corrected chi connectivity index (χ2v) is 8.98. The van der Waals surface area contributed by atoms with Gasteiger partial charge in [0.1, 0.15) is 11.3 Å². The number of rotatable bonds is 6. The molecular weight excluding hydrogens is 422 g/mol. The largest absolute Gasteiger partial charge is 0.492 e. The van der Waals surface area contributed by atoms with Gasteiger partial charge in [-0.05, 0) is 12.5 Å². The normalized spacial score (nSPS) is 18.7. The molecule has 4 rings (SSSR count). The van der Waals surface area contributed by atoms with Gasteiger partial charge < -0.3 is 18.9 Å². The van der Waals surface area contributed by atoms with Crippen molar-refractivity contribution in [2.45, 2.75) is 32.9 Å². The summed E-state index contributed by atoms with van der Waals surface area (Å²) in [6.45, 7) is 5.62. The number of nitrogens with zero attached hydrogens (tertiary/aromatic N) is 3. The molecule has 1 aromatic heterocycles. The maximum Gasteiger partial charge on any atom is 0.343 e. The van der Waals surface area contributed by atoms with Crippen LogP contribution in [-0.2, 0) is 29.0 Å². The fraction of sp³-hybridized carbons (Fsp3) is 0.480. The third kappa shape index (κ3) is 5.11. The molecule has 2 aliphatic rings. The first-order valence-corrected chi connectivity index (χ1v) is 11.4. The molecule has 1 saturated heterocycles. The Kier molecular flexibility index (Phi) is 6.83. The number of amides is 1. The van der Waals surface area contributed by atoms with Crippen molar-refractivity contribution >= 4 is 11.9 Å². The van der Waals surface area contributed by atoms with Gasteiger partial charge in [0.25, 0.3) is 5.56 Å². The smallest absolute Gasteiger partial charge is 0.343 e. The van der Waals surface area contributed by atoms with E-state index in [2.05, 4.69) is 36.1 Å². The van der Waals surface area contributed by atoms with Crippen molar-refractivity contribution in [3.63, 3.8) is 0 Å². The molecule has 0 N–H and O–H groups in total. The number of likely N-dealkylation sites (tertiary alicyclic amines) is 1. The van der Waals surface area contributed by atoms with Gasteiger partial charge in [-0.3, -0.25) is 14.5 Å². The van der Waals surface area contributed by atoms with E-state index in [1.165, 1.54) is 24.3 Å². The van der Waals surface area contributed by atoms with Crippen LogP contribution in [0.5, 0.6) is 5.75 Å². The Morgan fingerprint density at radius 2 is 1.88 bits per heavy atom. The average Bonchev–Trinajstić information content (AvgIpc) is 2.98. The second-order valence-electron chi connectivity index (χ2n) is 8.98. The molecule has 8 nitrogen and oxygen atoms in total. The zero-order valence-electron chi connectivity index (χ0n) is 19.5. The number of aryl methyl sites for hydroxylation is 1. The highest BCUT2D eigenvalue weighted by molar-refractivity contribution is 5.93. The second kappa shape index (κ2) is 9.79. The standard InChI is InChI=1S/C25H31N3O5/c1-17-4-6-18(7-5-17)15-27-9-8-20-24(25(31)32-3)21(13-23(30)28(20)11-10-27)33-16-19-12-22(29)26(2)14-19/h4-7,13,19H,8-12,14-16H2,1-3H3/t19-/m0/s1. The van der Waals surface area contributed by atoms with Crippen LogP contribution in [0.4, 0.5) is 0 Å². The van der Waals surface area contributed by atoms with E-state index in [1.54, 1.807) is 16.5 Å². The topological polar surface area (TPSA) is 81.1 Å².